The Hall–Kier alpha value is -1.13. The van der Waals surface area contributed by atoms with E-state index in [2.05, 4.69) is 25.2 Å². The zero-order chi connectivity index (χ0) is 20.8. The summed E-state index contributed by atoms with van der Waals surface area (Å²) in [5.74, 6) is 0.823. The third-order valence-electron chi connectivity index (χ3n) is 5.49. The van der Waals surface area contributed by atoms with Crippen molar-refractivity contribution in [1.29, 1.82) is 0 Å². The molecule has 162 valence electrons. The Bertz CT molecular complexity index is 469. The molecule has 0 radical (unpaired) electrons. The molecule has 0 saturated heterocycles. The number of esters is 1. The summed E-state index contributed by atoms with van der Waals surface area (Å²) in [7, 11) is 1.80. The van der Waals surface area contributed by atoms with E-state index in [1.165, 1.54) is 12.8 Å². The molecular formula is C24H42O4. The first kappa shape index (κ1) is 24.9. The van der Waals surface area contributed by atoms with Gasteiger partial charge in [-0.25, -0.2) is 0 Å². The molecule has 0 aromatic carbocycles. The van der Waals surface area contributed by atoms with Gasteiger partial charge in [-0.05, 0) is 64.2 Å². The van der Waals surface area contributed by atoms with Gasteiger partial charge in [0.1, 0.15) is 0 Å². The molecule has 1 N–H and O–H groups in total. The number of methoxy groups -OCH3 is 1. The number of allylic oxidation sites excluding steroid dienone is 3. The smallest absolute Gasteiger partial charge is 0.306 e. The molecule has 0 aromatic rings. The van der Waals surface area contributed by atoms with Crippen LogP contribution in [0.25, 0.3) is 0 Å². The molecule has 28 heavy (non-hydrogen) atoms. The highest BCUT2D eigenvalue weighted by atomic mass is 16.5. The van der Waals surface area contributed by atoms with E-state index in [4.69, 9.17) is 9.47 Å². The quantitative estimate of drug-likeness (QED) is 0.237. The molecule has 1 aliphatic rings. The van der Waals surface area contributed by atoms with Gasteiger partial charge < -0.3 is 14.6 Å². The number of hydrogen-bond acceptors (Lipinski definition) is 4. The van der Waals surface area contributed by atoms with Crippen LogP contribution in [0.3, 0.4) is 0 Å². The van der Waals surface area contributed by atoms with E-state index in [-0.39, 0.29) is 24.3 Å². The first-order chi connectivity index (χ1) is 13.5. The standard InChI is InChI=1S/C24H42O4/c1-5-6-9-12-21(25)17-15-20-16-18-23(27-4)22(20)13-10-7-8-11-14-24(26)28-19(2)3/h7,10,15,17,19-23,25H,5-6,8-9,11-14,16,18H2,1-4H3/b10-7-,17-15+/t20-,21-,22+,23-/m0/s1. The topological polar surface area (TPSA) is 55.8 Å². The molecule has 1 saturated carbocycles. The second-order valence-electron chi connectivity index (χ2n) is 8.27. The van der Waals surface area contributed by atoms with Gasteiger partial charge in [-0.2, -0.15) is 0 Å². The summed E-state index contributed by atoms with van der Waals surface area (Å²) in [4.78, 5) is 11.5. The second-order valence-corrected chi connectivity index (χ2v) is 8.27. The zero-order valence-corrected chi connectivity index (χ0v) is 18.4. The number of aliphatic hydroxyl groups is 1. The number of unbranched alkanes of at least 4 members (excludes halogenated alkanes) is 3. The molecular weight excluding hydrogens is 352 g/mol. The van der Waals surface area contributed by atoms with Crippen molar-refractivity contribution in [1.82, 2.24) is 0 Å². The van der Waals surface area contributed by atoms with Gasteiger partial charge in [-0.1, -0.05) is 50.5 Å². The highest BCUT2D eigenvalue weighted by molar-refractivity contribution is 5.69. The van der Waals surface area contributed by atoms with Crippen molar-refractivity contribution in [2.75, 3.05) is 7.11 Å². The maximum atomic E-state index is 11.5. The minimum absolute atomic E-state index is 0.0356. The van der Waals surface area contributed by atoms with Crippen molar-refractivity contribution in [3.8, 4) is 0 Å². The molecule has 4 nitrogen and oxygen atoms in total. The molecule has 1 aliphatic carbocycles. The fourth-order valence-electron chi connectivity index (χ4n) is 3.95. The van der Waals surface area contributed by atoms with E-state index in [1.54, 1.807) is 7.11 Å². The Morgan fingerprint density at radius 3 is 2.64 bits per heavy atom. The average Bonchev–Trinajstić information content (AvgIpc) is 3.04. The van der Waals surface area contributed by atoms with Crippen LogP contribution in [0, 0.1) is 11.8 Å². The number of aliphatic hydroxyl groups excluding tert-OH is 1. The van der Waals surface area contributed by atoms with Crippen molar-refractivity contribution < 1.29 is 19.4 Å². The van der Waals surface area contributed by atoms with Crippen LogP contribution in [0.4, 0.5) is 0 Å². The molecule has 0 unspecified atom stereocenters. The van der Waals surface area contributed by atoms with Crippen LogP contribution in [0.15, 0.2) is 24.3 Å². The third kappa shape index (κ3) is 10.4. The van der Waals surface area contributed by atoms with Gasteiger partial charge in [0.2, 0.25) is 0 Å². The molecule has 0 aromatic heterocycles. The van der Waals surface area contributed by atoms with Gasteiger partial charge in [0.15, 0.2) is 0 Å². The summed E-state index contributed by atoms with van der Waals surface area (Å²) < 4.78 is 10.8. The zero-order valence-electron chi connectivity index (χ0n) is 18.4. The van der Waals surface area contributed by atoms with E-state index < -0.39 is 0 Å². The van der Waals surface area contributed by atoms with Gasteiger partial charge in [-0.15, -0.1) is 0 Å². The number of rotatable bonds is 14. The Labute approximate surface area is 172 Å². The maximum Gasteiger partial charge on any atom is 0.306 e. The molecule has 4 atom stereocenters. The lowest BCUT2D eigenvalue weighted by Crippen LogP contribution is -2.20. The van der Waals surface area contributed by atoms with E-state index in [1.807, 2.05) is 19.9 Å². The summed E-state index contributed by atoms with van der Waals surface area (Å²) in [6.07, 6.45) is 18.2. The lowest BCUT2D eigenvalue weighted by Gasteiger charge is -2.21. The molecule has 1 fully saturated rings. The molecule has 4 heteroatoms. The molecule has 0 aliphatic heterocycles. The fraction of sp³-hybridized carbons (Fsp3) is 0.792. The number of hydrogen-bond donors (Lipinski definition) is 1. The third-order valence-corrected chi connectivity index (χ3v) is 5.49. The van der Waals surface area contributed by atoms with Crippen LogP contribution in [-0.4, -0.2) is 36.5 Å². The highest BCUT2D eigenvalue weighted by Gasteiger charge is 2.33. The summed E-state index contributed by atoms with van der Waals surface area (Å²) in [5.41, 5.74) is 0. The Morgan fingerprint density at radius 1 is 1.18 bits per heavy atom. The van der Waals surface area contributed by atoms with Gasteiger partial charge in [0.05, 0.1) is 18.3 Å². The molecule has 0 amide bonds. The first-order valence-corrected chi connectivity index (χ1v) is 11.2. The average molecular weight is 395 g/mol. The van der Waals surface area contributed by atoms with E-state index in [0.717, 1.165) is 44.9 Å². The van der Waals surface area contributed by atoms with Crippen molar-refractivity contribution in [2.45, 2.75) is 103 Å². The predicted molar refractivity (Wildman–Crippen MR) is 115 cm³/mol. The summed E-state index contributed by atoms with van der Waals surface area (Å²) >= 11 is 0. The molecule has 1 rings (SSSR count). The van der Waals surface area contributed by atoms with Crippen molar-refractivity contribution in [2.24, 2.45) is 11.8 Å². The second kappa shape index (κ2) is 14.8. The summed E-state index contributed by atoms with van der Waals surface area (Å²) in [6, 6.07) is 0. The largest absolute Gasteiger partial charge is 0.463 e. The molecule has 0 heterocycles. The minimum atomic E-state index is -0.324. The Kier molecular flexibility index (Phi) is 13.2. The Balaban J connectivity index is 2.39. The maximum absolute atomic E-state index is 11.5. The van der Waals surface area contributed by atoms with E-state index in [9.17, 15) is 9.90 Å². The van der Waals surface area contributed by atoms with Crippen LogP contribution in [0.2, 0.25) is 0 Å². The first-order valence-electron chi connectivity index (χ1n) is 11.2. The summed E-state index contributed by atoms with van der Waals surface area (Å²) in [6.45, 7) is 5.93. The monoisotopic (exact) mass is 394 g/mol. The SMILES string of the molecule is CCCCC[C@H](O)/C=C/[C@H]1CC[C@H](OC)[C@@H]1C/C=C\CCCC(=O)OC(C)C. The van der Waals surface area contributed by atoms with Gasteiger partial charge >= 0.3 is 5.97 Å². The molecule has 0 bridgehead atoms. The normalized spacial score (nSPS) is 23.9. The van der Waals surface area contributed by atoms with Crippen molar-refractivity contribution >= 4 is 5.97 Å². The van der Waals surface area contributed by atoms with Gasteiger partial charge in [0, 0.05) is 13.5 Å². The highest BCUT2D eigenvalue weighted by Crippen LogP contribution is 2.37. The van der Waals surface area contributed by atoms with E-state index in [0.29, 0.717) is 18.3 Å². The van der Waals surface area contributed by atoms with E-state index >= 15 is 0 Å². The number of carbonyl (C=O) groups is 1. The fourth-order valence-corrected chi connectivity index (χ4v) is 3.95. The van der Waals surface area contributed by atoms with Gasteiger partial charge in [-0.3, -0.25) is 4.79 Å². The summed E-state index contributed by atoms with van der Waals surface area (Å²) in [5, 5.41) is 10.1. The van der Waals surface area contributed by atoms with Gasteiger partial charge in [0.25, 0.3) is 0 Å². The molecule has 0 spiro atoms. The number of ether oxygens (including phenoxy) is 2. The lowest BCUT2D eigenvalue weighted by atomic mass is 9.90. The Morgan fingerprint density at radius 2 is 1.96 bits per heavy atom. The predicted octanol–water partition coefficient (Wildman–Crippen LogP) is 5.59. The van der Waals surface area contributed by atoms with Crippen LogP contribution in [0.5, 0.6) is 0 Å². The van der Waals surface area contributed by atoms with Crippen molar-refractivity contribution in [3.63, 3.8) is 0 Å². The minimum Gasteiger partial charge on any atom is -0.463 e. The van der Waals surface area contributed by atoms with Crippen LogP contribution in [0.1, 0.15) is 85.0 Å². The van der Waals surface area contributed by atoms with Crippen LogP contribution in [-0.2, 0) is 14.3 Å². The number of carbonyl (C=O) groups excluding carboxylic acids is 1. The van der Waals surface area contributed by atoms with Crippen LogP contribution >= 0.6 is 0 Å². The van der Waals surface area contributed by atoms with Crippen molar-refractivity contribution in [3.05, 3.63) is 24.3 Å². The lowest BCUT2D eigenvalue weighted by molar-refractivity contribution is -0.147. The van der Waals surface area contributed by atoms with Crippen LogP contribution < -0.4 is 0 Å².